The Labute approximate surface area is 157 Å². The van der Waals surface area contributed by atoms with Crippen LogP contribution >= 0.6 is 11.3 Å². The lowest BCUT2D eigenvalue weighted by Crippen LogP contribution is -2.47. The number of nitrogens with zero attached hydrogens (tertiary/aromatic N) is 5. The summed E-state index contributed by atoms with van der Waals surface area (Å²) < 4.78 is 27.5. The molecule has 0 aliphatic carbocycles. The van der Waals surface area contributed by atoms with E-state index in [0.29, 0.717) is 18.5 Å². The molecule has 10 heteroatoms. The van der Waals surface area contributed by atoms with Gasteiger partial charge in [0.05, 0.1) is 29.7 Å². The monoisotopic (exact) mass is 397 g/mol. The molecule has 26 heavy (non-hydrogen) atoms. The second-order valence-corrected chi connectivity index (χ2v) is 9.35. The molecule has 142 valence electrons. The fraction of sp³-hybridized carbons (Fsp3) is 0.562. The summed E-state index contributed by atoms with van der Waals surface area (Å²) in [7, 11) is -0.0382. The van der Waals surface area contributed by atoms with E-state index >= 15 is 0 Å². The first-order valence-corrected chi connectivity index (χ1v) is 11.1. The third kappa shape index (κ3) is 3.53. The van der Waals surface area contributed by atoms with Gasteiger partial charge in [-0.05, 0) is 6.42 Å². The molecule has 2 aromatic rings. The number of carbonyl (C=O) groups excluding carboxylic acids is 1. The van der Waals surface area contributed by atoms with Crippen molar-refractivity contribution < 1.29 is 13.2 Å². The molecule has 8 nitrogen and oxygen atoms in total. The number of amides is 1. The van der Waals surface area contributed by atoms with E-state index in [4.69, 9.17) is 0 Å². The van der Waals surface area contributed by atoms with Crippen molar-refractivity contribution in [3.63, 3.8) is 0 Å². The van der Waals surface area contributed by atoms with Crippen molar-refractivity contribution in [1.82, 2.24) is 24.0 Å². The Kier molecular flexibility index (Phi) is 5.18. The van der Waals surface area contributed by atoms with Crippen molar-refractivity contribution in [2.45, 2.75) is 32.4 Å². The molecule has 0 saturated heterocycles. The van der Waals surface area contributed by atoms with E-state index in [2.05, 4.69) is 10.1 Å². The number of thiazole rings is 1. The van der Waals surface area contributed by atoms with Gasteiger partial charge in [0.25, 0.3) is 0 Å². The number of fused-ring (bicyclic) bond motifs is 1. The molecule has 1 aliphatic heterocycles. The number of rotatable bonds is 5. The maximum atomic E-state index is 13.2. The van der Waals surface area contributed by atoms with Crippen LogP contribution < -0.4 is 0 Å². The Morgan fingerprint density at radius 2 is 2.19 bits per heavy atom. The van der Waals surface area contributed by atoms with Crippen LogP contribution in [0.4, 0.5) is 0 Å². The Morgan fingerprint density at radius 1 is 1.46 bits per heavy atom. The van der Waals surface area contributed by atoms with E-state index in [1.165, 1.54) is 4.31 Å². The maximum Gasteiger partial charge on any atom is 0.245 e. The molecule has 0 aromatic carbocycles. The molecule has 0 fully saturated rings. The largest absolute Gasteiger partial charge is 0.338 e. The average molecular weight is 398 g/mol. The second kappa shape index (κ2) is 7.09. The first-order valence-electron chi connectivity index (χ1n) is 8.38. The van der Waals surface area contributed by atoms with E-state index < -0.39 is 16.1 Å². The molecule has 1 unspecified atom stereocenters. The molecule has 2 aromatic heterocycles. The zero-order chi connectivity index (χ0) is 19.1. The van der Waals surface area contributed by atoms with Crippen LogP contribution in [0.25, 0.3) is 0 Å². The number of likely N-dealkylation sites (N-methyl/N-ethyl adjacent to an activating group) is 1. The molecule has 0 saturated carbocycles. The van der Waals surface area contributed by atoms with E-state index in [0.717, 1.165) is 29.1 Å². The first kappa shape index (κ1) is 19.0. The van der Waals surface area contributed by atoms with Gasteiger partial charge in [-0.3, -0.25) is 9.48 Å². The van der Waals surface area contributed by atoms with Crippen LogP contribution in [-0.4, -0.2) is 58.1 Å². The Bertz CT molecular complexity index is 918. The van der Waals surface area contributed by atoms with Gasteiger partial charge in [0, 0.05) is 43.7 Å². The van der Waals surface area contributed by atoms with Gasteiger partial charge in [0.1, 0.15) is 6.04 Å². The Hall–Kier alpha value is -1.78. The van der Waals surface area contributed by atoms with Crippen LogP contribution in [-0.2, 0) is 41.3 Å². The molecule has 1 aliphatic rings. The standard InChI is InChI=1S/C16H23N5O3S2/c1-5-14-18-11(10-25-14)9-19(2)16(22)15-12-8-17-20(3)13(12)6-7-21(15)26(4,23)24/h8,10,15H,5-7,9H2,1-4H3. The summed E-state index contributed by atoms with van der Waals surface area (Å²) in [6, 6.07) is -0.878. The predicted molar refractivity (Wildman–Crippen MR) is 99.2 cm³/mol. The lowest BCUT2D eigenvalue weighted by Gasteiger charge is -2.34. The van der Waals surface area contributed by atoms with Crippen LogP contribution in [0.1, 0.15) is 34.9 Å². The lowest BCUT2D eigenvalue weighted by atomic mass is 10.0. The van der Waals surface area contributed by atoms with Gasteiger partial charge in [-0.25, -0.2) is 13.4 Å². The predicted octanol–water partition coefficient (Wildman–Crippen LogP) is 0.956. The van der Waals surface area contributed by atoms with Crippen molar-refractivity contribution in [1.29, 1.82) is 0 Å². The molecule has 1 amide bonds. The average Bonchev–Trinajstić information content (AvgIpc) is 3.19. The number of aryl methyl sites for hydroxylation is 2. The summed E-state index contributed by atoms with van der Waals surface area (Å²) in [6.45, 7) is 2.65. The number of hydrogen-bond donors (Lipinski definition) is 0. The number of aromatic nitrogens is 3. The smallest absolute Gasteiger partial charge is 0.245 e. The van der Waals surface area contributed by atoms with Crippen molar-refractivity contribution in [2.75, 3.05) is 19.8 Å². The zero-order valence-electron chi connectivity index (χ0n) is 15.3. The van der Waals surface area contributed by atoms with Gasteiger partial charge in [-0.1, -0.05) is 6.92 Å². The van der Waals surface area contributed by atoms with Crippen molar-refractivity contribution in [2.24, 2.45) is 7.05 Å². The molecule has 0 radical (unpaired) electrons. The summed E-state index contributed by atoms with van der Waals surface area (Å²) in [5.41, 5.74) is 2.38. The highest BCUT2D eigenvalue weighted by molar-refractivity contribution is 7.88. The molecular weight excluding hydrogens is 374 g/mol. The van der Waals surface area contributed by atoms with E-state index in [9.17, 15) is 13.2 Å². The third-order valence-corrected chi connectivity index (χ3v) is 6.87. The minimum absolute atomic E-state index is 0.268. The van der Waals surface area contributed by atoms with Gasteiger partial charge >= 0.3 is 0 Å². The van der Waals surface area contributed by atoms with Crippen LogP contribution in [0.5, 0.6) is 0 Å². The zero-order valence-corrected chi connectivity index (χ0v) is 17.0. The Morgan fingerprint density at radius 3 is 2.81 bits per heavy atom. The van der Waals surface area contributed by atoms with Gasteiger partial charge in [0.2, 0.25) is 15.9 Å². The summed E-state index contributed by atoms with van der Waals surface area (Å²) in [5, 5.41) is 7.18. The van der Waals surface area contributed by atoms with Gasteiger partial charge in [0.15, 0.2) is 0 Å². The van der Waals surface area contributed by atoms with Gasteiger partial charge in [-0.15, -0.1) is 11.3 Å². The second-order valence-electron chi connectivity index (χ2n) is 6.48. The van der Waals surface area contributed by atoms with E-state index in [1.807, 2.05) is 19.4 Å². The highest BCUT2D eigenvalue weighted by atomic mass is 32.2. The van der Waals surface area contributed by atoms with Gasteiger partial charge < -0.3 is 4.90 Å². The number of carbonyl (C=O) groups is 1. The topological polar surface area (TPSA) is 88.4 Å². The van der Waals surface area contributed by atoms with Crippen molar-refractivity contribution in [3.8, 4) is 0 Å². The highest BCUT2D eigenvalue weighted by Gasteiger charge is 2.41. The Balaban J connectivity index is 1.90. The normalized spacial score (nSPS) is 17.9. The minimum Gasteiger partial charge on any atom is -0.338 e. The molecule has 1 atom stereocenters. The summed E-state index contributed by atoms with van der Waals surface area (Å²) in [6.07, 6.45) is 4.13. The van der Waals surface area contributed by atoms with E-state index in [-0.39, 0.29) is 12.5 Å². The van der Waals surface area contributed by atoms with Crippen LogP contribution in [0.15, 0.2) is 11.6 Å². The molecule has 3 rings (SSSR count). The third-order valence-electron chi connectivity index (χ3n) is 4.58. The molecule has 3 heterocycles. The SMILES string of the molecule is CCc1nc(CN(C)C(=O)C2c3cnn(C)c3CCN2S(C)(=O)=O)cs1. The summed E-state index contributed by atoms with van der Waals surface area (Å²) in [4.78, 5) is 19.2. The fourth-order valence-electron chi connectivity index (χ4n) is 3.24. The van der Waals surface area contributed by atoms with Crippen molar-refractivity contribution >= 4 is 27.3 Å². The highest BCUT2D eigenvalue weighted by Crippen LogP contribution is 2.33. The molecule has 0 bridgehead atoms. The quantitative estimate of drug-likeness (QED) is 0.750. The van der Waals surface area contributed by atoms with E-state index in [1.54, 1.807) is 34.2 Å². The van der Waals surface area contributed by atoms with Crippen molar-refractivity contribution in [3.05, 3.63) is 33.5 Å². The van der Waals surface area contributed by atoms with Crippen LogP contribution in [0.2, 0.25) is 0 Å². The number of hydrogen-bond acceptors (Lipinski definition) is 6. The lowest BCUT2D eigenvalue weighted by molar-refractivity contribution is -0.135. The molecule has 0 spiro atoms. The van der Waals surface area contributed by atoms with Gasteiger partial charge in [-0.2, -0.15) is 9.40 Å². The summed E-state index contributed by atoms with van der Waals surface area (Å²) in [5.74, 6) is -0.268. The molecule has 0 N–H and O–H groups in total. The first-order chi connectivity index (χ1) is 12.2. The van der Waals surface area contributed by atoms with Crippen LogP contribution in [0, 0.1) is 0 Å². The number of sulfonamides is 1. The summed E-state index contributed by atoms with van der Waals surface area (Å²) >= 11 is 1.57. The minimum atomic E-state index is -3.52. The molecular formula is C16H23N5O3S2. The fourth-order valence-corrected chi connectivity index (χ4v) is 4.99. The van der Waals surface area contributed by atoms with Crippen LogP contribution in [0.3, 0.4) is 0 Å². The maximum absolute atomic E-state index is 13.2.